The summed E-state index contributed by atoms with van der Waals surface area (Å²) in [5.74, 6) is -0.752. The topological polar surface area (TPSA) is 493 Å². The number of piperidine rings is 2. The third kappa shape index (κ3) is 21.1. The van der Waals surface area contributed by atoms with Gasteiger partial charge in [0, 0.05) is 80.9 Å². The summed E-state index contributed by atoms with van der Waals surface area (Å²) in [6.07, 6.45) is 15.7. The second-order valence-electron chi connectivity index (χ2n) is 25.3. The van der Waals surface area contributed by atoms with E-state index in [0.717, 1.165) is 57.4 Å². The zero-order chi connectivity index (χ0) is 74.7. The molecule has 13 rings (SSSR count). The lowest BCUT2D eigenvalue weighted by molar-refractivity contribution is -0.142. The Morgan fingerprint density at radius 1 is 0.816 bits per heavy atom. The van der Waals surface area contributed by atoms with Crippen LogP contribution in [0.3, 0.4) is 0 Å². The molecule has 6 aliphatic rings. The number of Topliss-reactive ketones (excluding diaryl/α,β-unsaturated/α-hetero) is 2. The number of halogens is 1. The van der Waals surface area contributed by atoms with Gasteiger partial charge in [0.2, 0.25) is 15.9 Å². The van der Waals surface area contributed by atoms with E-state index in [-0.39, 0.29) is 109 Å². The van der Waals surface area contributed by atoms with Crippen molar-refractivity contribution in [3.05, 3.63) is 115 Å². The van der Waals surface area contributed by atoms with Gasteiger partial charge in [-0.25, -0.2) is 47.7 Å². The molecule has 1 saturated carbocycles. The van der Waals surface area contributed by atoms with E-state index >= 15 is 0 Å². The van der Waals surface area contributed by atoms with Crippen LogP contribution in [-0.2, 0) is 35.5 Å². The first-order valence-corrected chi connectivity index (χ1v) is 35.6. The number of aliphatic hydroxyl groups is 9. The van der Waals surface area contributed by atoms with Crippen LogP contribution in [0.5, 0.6) is 5.75 Å². The summed E-state index contributed by atoms with van der Waals surface area (Å²) in [4.78, 5) is 71.6. The molecule has 35 heteroatoms. The van der Waals surface area contributed by atoms with Crippen molar-refractivity contribution < 1.29 is 87.7 Å². The van der Waals surface area contributed by atoms with Crippen LogP contribution in [0.2, 0.25) is 0 Å². The van der Waals surface area contributed by atoms with Crippen LogP contribution in [0.1, 0.15) is 108 Å². The molecule has 1 amide bonds. The molecule has 4 fully saturated rings. The number of aromatic nitrogens is 10. The molecule has 4 unspecified atom stereocenters. The van der Waals surface area contributed by atoms with Gasteiger partial charge >= 0.3 is 0 Å². The number of aryl methyl sites for hydroxylation is 1. The Balaban J connectivity index is 0.000000162. The van der Waals surface area contributed by atoms with Crippen LogP contribution >= 0.6 is 0 Å². The summed E-state index contributed by atoms with van der Waals surface area (Å²) in [5.41, 5.74) is 15.0. The lowest BCUT2D eigenvalue weighted by Gasteiger charge is -2.42. The molecule has 103 heavy (non-hydrogen) atoms. The van der Waals surface area contributed by atoms with Crippen molar-refractivity contribution in [2.45, 2.75) is 165 Å². The zero-order valence-corrected chi connectivity index (χ0v) is 58.5. The number of nitrogen functional groups attached to an aromatic ring is 2. The molecule has 11 heterocycles. The van der Waals surface area contributed by atoms with E-state index in [1.54, 1.807) is 79.8 Å². The Bertz CT molecular complexity index is 4160. The van der Waals surface area contributed by atoms with Gasteiger partial charge in [-0.3, -0.25) is 38.0 Å². The number of sulfonamides is 1. The molecular weight excluding hydrogens is 1360 g/mol. The van der Waals surface area contributed by atoms with E-state index in [2.05, 4.69) is 50.1 Å². The third-order valence-corrected chi connectivity index (χ3v) is 19.6. The lowest BCUT2D eigenvalue weighted by atomic mass is 9.94. The van der Waals surface area contributed by atoms with Crippen LogP contribution in [0.4, 0.5) is 21.8 Å². The van der Waals surface area contributed by atoms with E-state index in [4.69, 9.17) is 46.5 Å². The number of nitrogens with zero attached hydrogens (tertiary/aromatic N) is 13. The van der Waals surface area contributed by atoms with Gasteiger partial charge in [-0.2, -0.15) is 0 Å². The van der Waals surface area contributed by atoms with Crippen LogP contribution in [0.15, 0.2) is 97.9 Å². The number of ketones is 2. The number of carbonyl (C=O) groups is 3. The number of β-amino-alcohol motifs (C(OH)–C–C–N with tert-alkyl or cyclic N) is 2. The highest BCUT2D eigenvalue weighted by Crippen LogP contribution is 2.38. The monoisotopic (exact) mass is 1460 g/mol. The number of pyridine rings is 2. The quantitative estimate of drug-likeness (QED) is 0.0248. The largest absolute Gasteiger partial charge is 0.504 e. The standard InChI is InChI=1S/C21H20FN3O4S.C14H29NO4.C11H13NO4.2C8H9N5O.C6H13NO3/c22-15-8-5-14(6-9-15)7-10-17(26)19-20(27)18-16(4-3-11-23-18)21(24-19)25-12-1-2-13-30(25,28)29;1-3-19-9-7-5-4-6-8-15-10-12(16)14(18)13(17)11(15)2;1-7-5-12(10(15)4-9(7)14)11-3-2-8(6-13)16-11;9-7-6-8(11-2-10-7)13(3-12-6)4-1-5(4)14;9-7-6-8(11-4-10-7)13(5-12-6)2-1-3-14;1-3-5(9)6(10)4(8)2-7-3/h3-6,8-9,11,27H,1-2,7,10,12-13H2;11-14,16-18H,3-10H2,1-2H3;2-3,5,8,11,13H,4,6H2,1H3;2-5,14H,1H2,(H2,9,10,11);1-2,4-5,14H,3H2,(H2,9,10,11);3-10H,2H2,1H3/b;;;;2-1-;/t;11-,12+,13+,14-;;;;3-,4+,5+,6-/m.1...1/s1. The number of hydrogen-bond donors (Lipinski definition) is 13. The maximum atomic E-state index is 13.1. The average Bonchev–Trinajstić information content (AvgIpc) is 1.60. The molecule has 7 aromatic rings. The maximum absolute atomic E-state index is 13.1. The summed E-state index contributed by atoms with van der Waals surface area (Å²) in [7, 11) is -3.57. The fourth-order valence-corrected chi connectivity index (χ4v) is 13.2. The van der Waals surface area contributed by atoms with Crippen molar-refractivity contribution in [2.24, 2.45) is 0 Å². The number of unbranched alkanes of at least 4 members (excludes halogenated alkanes) is 3. The summed E-state index contributed by atoms with van der Waals surface area (Å²) >= 11 is 0. The molecule has 560 valence electrons. The van der Waals surface area contributed by atoms with Crippen LogP contribution in [0.25, 0.3) is 39.4 Å². The number of aromatic hydroxyl groups is 1. The van der Waals surface area contributed by atoms with Gasteiger partial charge in [0.05, 0.1) is 68.3 Å². The van der Waals surface area contributed by atoms with E-state index in [1.165, 1.54) is 46.4 Å². The molecular formula is C68H93FN16O17S. The Labute approximate surface area is 593 Å². The number of ether oxygens (including phenoxy) is 2. The Morgan fingerprint density at radius 3 is 2.16 bits per heavy atom. The average molecular weight is 1460 g/mol. The number of carbonyl (C=O) groups excluding carboxylic acids is 3. The molecule has 0 spiro atoms. The van der Waals surface area contributed by atoms with Crippen LogP contribution in [0, 0.1) is 5.82 Å². The van der Waals surface area contributed by atoms with Gasteiger partial charge in [0.15, 0.2) is 63.5 Å². The Kier molecular flexibility index (Phi) is 29.4. The van der Waals surface area contributed by atoms with Gasteiger partial charge < -0.3 is 81.9 Å². The number of rotatable bonds is 18. The SMILES string of the molecule is CC1=CN(C2C=CC(CO)O2)C(=O)CC1=O.CCOCCCCCCN1C[C@H](O)[C@@H](O)[C@@H](O)[C@H]1C.C[C@H]1NC[C@H](O)[C@@H](O)[C@H]1O.Nc1ncnc2c1ncn2/C=C\CO.Nc1ncnc2c1ncn2C1CC1O.O=C(CCc1ccc(F)cc1)c1nc(N2CCCCS2(=O)=O)c2cccnc2c1O. The van der Waals surface area contributed by atoms with E-state index < -0.39 is 58.7 Å². The van der Waals surface area contributed by atoms with E-state index in [9.17, 15) is 52.7 Å². The number of allylic oxidation sites excluding steroid dienone is 1. The molecule has 1 aliphatic carbocycles. The normalized spacial score (nSPS) is 25.1. The molecule has 1 aromatic carbocycles. The number of fused-ring (bicyclic) bond motifs is 3. The number of hydrogen-bond acceptors (Lipinski definition) is 29. The second-order valence-corrected chi connectivity index (χ2v) is 27.3. The number of anilines is 3. The van der Waals surface area contributed by atoms with Gasteiger partial charge in [0.25, 0.3) is 0 Å². The zero-order valence-electron chi connectivity index (χ0n) is 57.7. The molecule has 15 N–H and O–H groups in total. The summed E-state index contributed by atoms with van der Waals surface area (Å²) in [6.45, 7) is 10.7. The molecule has 0 radical (unpaired) electrons. The van der Waals surface area contributed by atoms with Crippen molar-refractivity contribution in [1.82, 2.24) is 64.1 Å². The second kappa shape index (κ2) is 37.8. The summed E-state index contributed by atoms with van der Waals surface area (Å²) < 4.78 is 53.7. The minimum Gasteiger partial charge on any atom is -0.504 e. The van der Waals surface area contributed by atoms with Crippen LogP contribution < -0.4 is 21.1 Å². The van der Waals surface area contributed by atoms with Gasteiger partial charge in [-0.15, -0.1) is 0 Å². The predicted octanol–water partition coefficient (Wildman–Crippen LogP) is 1.20. The number of likely N-dealkylation sites (tertiary alicyclic amines) is 1. The minimum absolute atomic E-state index is 0.00512. The number of benzene rings is 1. The number of amides is 1. The number of imidazole rings is 2. The highest BCUT2D eigenvalue weighted by Gasteiger charge is 2.40. The molecule has 6 aromatic heterocycles. The molecule has 12 atom stereocenters. The number of nitrogens with two attached hydrogens (primary N) is 2. The van der Waals surface area contributed by atoms with Gasteiger partial charge in [0.1, 0.15) is 54.1 Å². The van der Waals surface area contributed by atoms with Crippen molar-refractivity contribution in [3.8, 4) is 5.75 Å². The van der Waals surface area contributed by atoms with E-state index in [1.807, 2.05) is 18.4 Å². The molecule has 3 saturated heterocycles. The maximum Gasteiger partial charge on any atom is 0.236 e. The number of nitrogens with one attached hydrogen (secondary N) is 1. The highest BCUT2D eigenvalue weighted by molar-refractivity contribution is 7.92. The smallest absolute Gasteiger partial charge is 0.236 e. The minimum atomic E-state index is -3.57. The third-order valence-electron chi connectivity index (χ3n) is 17.8. The van der Waals surface area contributed by atoms with Gasteiger partial charge in [-0.1, -0.05) is 31.1 Å². The fraction of sp³-hybridized carbons (Fsp3) is 0.515. The highest BCUT2D eigenvalue weighted by atomic mass is 32.2. The van der Waals surface area contributed by atoms with Gasteiger partial charge in [-0.05, 0) is 115 Å². The molecule has 0 bridgehead atoms. The van der Waals surface area contributed by atoms with Crippen molar-refractivity contribution >= 4 is 84.4 Å². The first-order valence-electron chi connectivity index (χ1n) is 34.0. The first kappa shape index (κ1) is 80.2. The lowest BCUT2D eigenvalue weighted by Crippen LogP contribution is -2.60. The van der Waals surface area contributed by atoms with Crippen molar-refractivity contribution in [3.63, 3.8) is 0 Å². The first-order chi connectivity index (χ1) is 49.3. The van der Waals surface area contributed by atoms with Crippen LogP contribution in [-0.4, -0.2) is 261 Å². The van der Waals surface area contributed by atoms with Crippen molar-refractivity contribution in [2.75, 3.05) is 74.1 Å². The Morgan fingerprint density at radius 2 is 1.50 bits per heavy atom. The summed E-state index contributed by atoms with van der Waals surface area (Å²) in [6, 6.07) is 8.92. The predicted molar refractivity (Wildman–Crippen MR) is 377 cm³/mol. The number of aliphatic hydroxyl groups excluding tert-OH is 9. The van der Waals surface area contributed by atoms with Crippen molar-refractivity contribution in [1.29, 1.82) is 0 Å². The van der Waals surface area contributed by atoms with E-state index in [0.29, 0.717) is 77.3 Å². The Hall–Kier alpha value is -8.53. The molecule has 5 aliphatic heterocycles. The molecule has 33 nitrogen and oxygen atoms in total. The summed E-state index contributed by atoms with van der Waals surface area (Å²) in [5, 5.41) is 97.0. The fourth-order valence-electron chi connectivity index (χ4n) is 11.6.